The van der Waals surface area contributed by atoms with Crippen molar-refractivity contribution in [3.63, 3.8) is 0 Å². The number of carbonyl (C=O) groups excluding carboxylic acids is 2. The van der Waals surface area contributed by atoms with Crippen molar-refractivity contribution in [3.05, 3.63) is 59.7 Å². The molecule has 0 aromatic heterocycles. The van der Waals surface area contributed by atoms with E-state index >= 15 is 0 Å². The Morgan fingerprint density at radius 1 is 1.08 bits per heavy atom. The first-order valence-corrected chi connectivity index (χ1v) is 9.13. The third-order valence-electron chi connectivity index (χ3n) is 4.63. The number of rotatable bonds is 4. The van der Waals surface area contributed by atoms with Crippen LogP contribution in [0, 0.1) is 5.41 Å². The molecule has 4 nitrogen and oxygen atoms in total. The predicted octanol–water partition coefficient (Wildman–Crippen LogP) is 4.19. The van der Waals surface area contributed by atoms with Gasteiger partial charge in [0.05, 0.1) is 0 Å². The summed E-state index contributed by atoms with van der Waals surface area (Å²) >= 11 is 0. The Morgan fingerprint density at radius 3 is 2.50 bits per heavy atom. The number of nitrogens with one attached hydrogen (secondary N) is 1. The minimum atomic E-state index is -0.420. The Morgan fingerprint density at radius 2 is 1.81 bits per heavy atom. The maximum atomic E-state index is 12.7. The van der Waals surface area contributed by atoms with Gasteiger partial charge in [0.2, 0.25) is 11.8 Å². The fourth-order valence-corrected chi connectivity index (χ4v) is 3.20. The molecule has 0 radical (unpaired) electrons. The van der Waals surface area contributed by atoms with Gasteiger partial charge in [0.25, 0.3) is 0 Å². The molecule has 0 atom stereocenters. The van der Waals surface area contributed by atoms with Gasteiger partial charge in [-0.15, -0.1) is 0 Å². The Labute approximate surface area is 155 Å². The van der Waals surface area contributed by atoms with Gasteiger partial charge in [-0.3, -0.25) is 9.59 Å². The van der Waals surface area contributed by atoms with E-state index < -0.39 is 5.41 Å². The molecule has 0 bridgehead atoms. The van der Waals surface area contributed by atoms with E-state index in [9.17, 15) is 9.59 Å². The Bertz CT molecular complexity index is 807. The highest BCUT2D eigenvalue weighted by Gasteiger charge is 2.32. The zero-order chi connectivity index (χ0) is 18.7. The van der Waals surface area contributed by atoms with Crippen molar-refractivity contribution >= 4 is 23.2 Å². The number of benzene rings is 2. The lowest BCUT2D eigenvalue weighted by molar-refractivity contribution is -0.125. The van der Waals surface area contributed by atoms with Crippen LogP contribution in [0.2, 0.25) is 0 Å². The van der Waals surface area contributed by atoms with Crippen LogP contribution in [0.15, 0.2) is 48.5 Å². The maximum Gasteiger partial charge on any atom is 0.232 e. The molecule has 2 aromatic rings. The van der Waals surface area contributed by atoms with Gasteiger partial charge in [0.1, 0.15) is 0 Å². The van der Waals surface area contributed by atoms with Crippen molar-refractivity contribution < 1.29 is 9.59 Å². The van der Waals surface area contributed by atoms with Crippen molar-refractivity contribution in [2.45, 2.75) is 40.0 Å². The minimum Gasteiger partial charge on any atom is -0.326 e. The van der Waals surface area contributed by atoms with Gasteiger partial charge in [-0.1, -0.05) is 57.2 Å². The van der Waals surface area contributed by atoms with Crippen LogP contribution in [-0.2, 0) is 22.4 Å². The van der Waals surface area contributed by atoms with Crippen LogP contribution in [0.5, 0.6) is 0 Å². The highest BCUT2D eigenvalue weighted by molar-refractivity contribution is 6.00. The van der Waals surface area contributed by atoms with Crippen LogP contribution in [0.4, 0.5) is 11.4 Å². The van der Waals surface area contributed by atoms with Crippen LogP contribution in [-0.4, -0.2) is 18.4 Å². The Balaban J connectivity index is 1.67. The van der Waals surface area contributed by atoms with E-state index in [2.05, 4.69) is 5.32 Å². The van der Waals surface area contributed by atoms with Crippen LogP contribution in [0.1, 0.15) is 38.3 Å². The number of anilines is 2. The molecule has 1 aliphatic rings. The minimum absolute atomic E-state index is 0.0134. The molecule has 1 N–H and O–H groups in total. The molecule has 4 heteroatoms. The molecule has 3 rings (SSSR count). The van der Waals surface area contributed by atoms with Crippen molar-refractivity contribution in [1.29, 1.82) is 0 Å². The summed E-state index contributed by atoms with van der Waals surface area (Å²) < 4.78 is 0. The van der Waals surface area contributed by atoms with E-state index in [0.717, 1.165) is 28.9 Å². The van der Waals surface area contributed by atoms with Crippen molar-refractivity contribution in [1.82, 2.24) is 0 Å². The number of hydrogen-bond donors (Lipinski definition) is 1. The van der Waals surface area contributed by atoms with E-state index in [0.29, 0.717) is 19.4 Å². The first-order valence-electron chi connectivity index (χ1n) is 9.13. The lowest BCUT2D eigenvalue weighted by Crippen LogP contribution is -2.38. The van der Waals surface area contributed by atoms with E-state index in [1.807, 2.05) is 74.2 Å². The van der Waals surface area contributed by atoms with Crippen LogP contribution < -0.4 is 10.2 Å². The molecule has 2 aromatic carbocycles. The molecule has 136 valence electrons. The molecule has 26 heavy (non-hydrogen) atoms. The summed E-state index contributed by atoms with van der Waals surface area (Å²) in [7, 11) is 0. The fraction of sp³-hybridized carbons (Fsp3) is 0.364. The maximum absolute atomic E-state index is 12.7. The van der Waals surface area contributed by atoms with Gasteiger partial charge in [0, 0.05) is 29.8 Å². The molecular weight excluding hydrogens is 324 g/mol. The summed E-state index contributed by atoms with van der Waals surface area (Å²) in [5, 5.41) is 2.96. The lowest BCUT2D eigenvalue weighted by atomic mass is 9.94. The molecule has 0 aliphatic carbocycles. The van der Waals surface area contributed by atoms with Gasteiger partial charge >= 0.3 is 0 Å². The number of fused-ring (bicyclic) bond motifs is 1. The van der Waals surface area contributed by atoms with E-state index in [-0.39, 0.29) is 11.8 Å². The van der Waals surface area contributed by atoms with Crippen molar-refractivity contribution in [3.8, 4) is 0 Å². The first kappa shape index (κ1) is 18.2. The number of aryl methyl sites for hydroxylation is 1. The van der Waals surface area contributed by atoms with Gasteiger partial charge in [-0.25, -0.2) is 0 Å². The van der Waals surface area contributed by atoms with Crippen LogP contribution >= 0.6 is 0 Å². The molecule has 2 amide bonds. The van der Waals surface area contributed by atoms with Gasteiger partial charge in [-0.05, 0) is 36.1 Å². The van der Waals surface area contributed by atoms with E-state index in [4.69, 9.17) is 0 Å². The quantitative estimate of drug-likeness (QED) is 0.899. The molecule has 0 saturated carbocycles. The molecule has 1 heterocycles. The highest BCUT2D eigenvalue weighted by atomic mass is 16.2. The van der Waals surface area contributed by atoms with Crippen molar-refractivity contribution in [2.24, 2.45) is 5.41 Å². The summed E-state index contributed by atoms with van der Waals surface area (Å²) in [6.07, 6.45) is 2.01. The number of hydrogen-bond acceptors (Lipinski definition) is 2. The number of nitrogens with zero attached hydrogens (tertiary/aromatic N) is 1. The second-order valence-electron chi connectivity index (χ2n) is 7.83. The normalized spacial score (nSPS) is 13.4. The van der Waals surface area contributed by atoms with Crippen LogP contribution in [0.25, 0.3) is 0 Å². The Kier molecular flexibility index (Phi) is 5.12. The molecular formula is C22H26N2O2. The van der Waals surface area contributed by atoms with E-state index in [1.54, 1.807) is 0 Å². The predicted molar refractivity (Wildman–Crippen MR) is 105 cm³/mol. The number of carbonyl (C=O) groups is 2. The zero-order valence-corrected chi connectivity index (χ0v) is 15.7. The smallest absolute Gasteiger partial charge is 0.232 e. The summed E-state index contributed by atoms with van der Waals surface area (Å²) in [5.74, 6) is 0.101. The monoisotopic (exact) mass is 350 g/mol. The lowest BCUT2D eigenvalue weighted by Gasteiger charge is -2.26. The highest BCUT2D eigenvalue weighted by Crippen LogP contribution is 2.34. The topological polar surface area (TPSA) is 49.4 Å². The molecule has 0 spiro atoms. The second-order valence-corrected chi connectivity index (χ2v) is 7.83. The SMILES string of the molecule is CC(C)(C)C(=O)N1CCc2ccc(NC(=O)CCc3ccccc3)cc21. The molecule has 0 unspecified atom stereocenters. The zero-order valence-electron chi connectivity index (χ0n) is 15.7. The third-order valence-corrected chi connectivity index (χ3v) is 4.63. The van der Waals surface area contributed by atoms with Gasteiger partial charge < -0.3 is 10.2 Å². The van der Waals surface area contributed by atoms with Gasteiger partial charge in [-0.2, -0.15) is 0 Å². The fourth-order valence-electron chi connectivity index (χ4n) is 3.20. The summed E-state index contributed by atoms with van der Waals surface area (Å²) in [6, 6.07) is 15.8. The second kappa shape index (κ2) is 7.32. The average Bonchev–Trinajstić information content (AvgIpc) is 3.02. The van der Waals surface area contributed by atoms with Gasteiger partial charge in [0.15, 0.2) is 0 Å². The Hall–Kier alpha value is -2.62. The van der Waals surface area contributed by atoms with Crippen LogP contribution in [0.3, 0.4) is 0 Å². The molecule has 1 aliphatic heterocycles. The summed E-state index contributed by atoms with van der Waals surface area (Å²) in [4.78, 5) is 26.8. The standard InChI is InChI=1S/C22H26N2O2/c1-22(2,3)21(26)24-14-13-17-10-11-18(15-19(17)24)23-20(25)12-9-16-7-5-4-6-8-16/h4-8,10-11,15H,9,12-14H2,1-3H3,(H,23,25). The van der Waals surface area contributed by atoms with Crippen molar-refractivity contribution in [2.75, 3.05) is 16.8 Å². The summed E-state index contributed by atoms with van der Waals surface area (Å²) in [5.41, 5.74) is 3.56. The third kappa shape index (κ3) is 4.13. The molecule has 0 saturated heterocycles. The first-order chi connectivity index (χ1) is 12.3. The summed E-state index contributed by atoms with van der Waals surface area (Å²) in [6.45, 7) is 6.50. The molecule has 0 fully saturated rings. The largest absolute Gasteiger partial charge is 0.326 e. The van der Waals surface area contributed by atoms with E-state index in [1.165, 1.54) is 0 Å². The number of amides is 2. The average molecular weight is 350 g/mol.